The van der Waals surface area contributed by atoms with Crippen molar-refractivity contribution in [1.29, 1.82) is 0 Å². The van der Waals surface area contributed by atoms with Crippen LogP contribution in [0.5, 0.6) is 0 Å². The van der Waals surface area contributed by atoms with E-state index in [9.17, 15) is 0 Å². The Kier molecular flexibility index (Phi) is 5.67. The molecule has 0 spiro atoms. The molecule has 1 unspecified atom stereocenters. The number of anilines is 1. The van der Waals surface area contributed by atoms with Crippen molar-refractivity contribution >= 4 is 16.6 Å². The number of aromatic nitrogens is 3. The second-order valence-electron chi connectivity index (χ2n) is 8.77. The number of nitrogens with one attached hydrogen (secondary N) is 1. The van der Waals surface area contributed by atoms with Gasteiger partial charge in [-0.2, -0.15) is 5.10 Å². The number of allylic oxidation sites excluding steroid dienone is 1. The van der Waals surface area contributed by atoms with Crippen LogP contribution < -0.4 is 5.32 Å². The zero-order chi connectivity index (χ0) is 20.4. The van der Waals surface area contributed by atoms with E-state index in [0.29, 0.717) is 5.92 Å². The first-order valence-electron chi connectivity index (χ1n) is 10.5. The van der Waals surface area contributed by atoms with Gasteiger partial charge in [-0.15, -0.1) is 0 Å². The Morgan fingerprint density at radius 3 is 2.83 bits per heavy atom. The lowest BCUT2D eigenvalue weighted by Gasteiger charge is -2.18. The molecular formula is C24H31N5. The molecule has 5 heteroatoms. The molecule has 4 rings (SSSR count). The van der Waals surface area contributed by atoms with E-state index in [1.54, 1.807) is 0 Å². The highest BCUT2D eigenvalue weighted by Gasteiger charge is 2.23. The Balaban J connectivity index is 1.42. The van der Waals surface area contributed by atoms with E-state index < -0.39 is 0 Å². The number of fused-ring (bicyclic) bond motifs is 1. The molecule has 0 saturated carbocycles. The van der Waals surface area contributed by atoms with Crippen molar-refractivity contribution in [2.75, 3.05) is 25.0 Å². The summed E-state index contributed by atoms with van der Waals surface area (Å²) in [5.41, 5.74) is 3.34. The lowest BCUT2D eigenvalue weighted by atomic mass is 10.0. The highest BCUT2D eigenvalue weighted by Crippen LogP contribution is 2.27. The third kappa shape index (κ3) is 4.85. The van der Waals surface area contributed by atoms with E-state index in [2.05, 4.69) is 65.0 Å². The van der Waals surface area contributed by atoms with E-state index in [0.717, 1.165) is 40.4 Å². The molecule has 3 heterocycles. The molecule has 0 bridgehead atoms. The second kappa shape index (κ2) is 8.37. The minimum absolute atomic E-state index is 0.686. The first-order valence-corrected chi connectivity index (χ1v) is 10.5. The first-order chi connectivity index (χ1) is 14.0. The normalized spacial score (nSPS) is 17.3. The van der Waals surface area contributed by atoms with Crippen LogP contribution in [0.4, 0.5) is 5.82 Å². The number of aryl methyl sites for hydroxylation is 1. The highest BCUT2D eigenvalue weighted by atomic mass is 15.2. The minimum atomic E-state index is 0.686. The summed E-state index contributed by atoms with van der Waals surface area (Å²) in [6, 6.07) is 8.55. The predicted octanol–water partition coefficient (Wildman–Crippen LogP) is 4.93. The Hall–Kier alpha value is -2.66. The molecule has 1 aliphatic heterocycles. The minimum Gasteiger partial charge on any atom is -0.344 e. The van der Waals surface area contributed by atoms with Crippen LogP contribution in [0.15, 0.2) is 55.1 Å². The average Bonchev–Trinajstić information content (AvgIpc) is 3.29. The van der Waals surface area contributed by atoms with E-state index in [1.807, 2.05) is 30.3 Å². The SMILES string of the molecule is C=C(CC1CCN(CC(C)C)C1)Nc1cc2cc(-c3cnn(C)c3)ccc2cn1. The van der Waals surface area contributed by atoms with Crippen LogP contribution in [0.2, 0.25) is 0 Å². The summed E-state index contributed by atoms with van der Waals surface area (Å²) in [4.78, 5) is 7.16. The Bertz CT molecular complexity index is 1000. The van der Waals surface area contributed by atoms with Gasteiger partial charge in [-0.3, -0.25) is 4.68 Å². The molecule has 1 aliphatic rings. The first kappa shape index (κ1) is 19.6. The summed E-state index contributed by atoms with van der Waals surface area (Å²) in [5, 5.41) is 10.0. The molecule has 1 N–H and O–H groups in total. The Morgan fingerprint density at radius 1 is 1.21 bits per heavy atom. The monoisotopic (exact) mass is 389 g/mol. The third-order valence-electron chi connectivity index (χ3n) is 5.59. The standard InChI is InChI=1S/C24H31N5/c1-17(2)14-29-8-7-19(15-29)9-18(3)27-24-11-22-10-20(5-6-21(22)12-25-24)23-13-26-28(4)16-23/h5-6,10-13,16-17,19H,3,7-9,14-15H2,1-2,4H3,(H,25,27). The van der Waals surface area contributed by atoms with E-state index in [1.165, 1.54) is 31.4 Å². The third-order valence-corrected chi connectivity index (χ3v) is 5.59. The molecule has 3 aromatic rings. The fourth-order valence-corrected chi connectivity index (χ4v) is 4.30. The predicted molar refractivity (Wildman–Crippen MR) is 121 cm³/mol. The van der Waals surface area contributed by atoms with Gasteiger partial charge in [0, 0.05) is 49.2 Å². The van der Waals surface area contributed by atoms with Crippen LogP contribution in [-0.4, -0.2) is 39.3 Å². The van der Waals surface area contributed by atoms with Gasteiger partial charge in [0.1, 0.15) is 5.82 Å². The van der Waals surface area contributed by atoms with Crippen molar-refractivity contribution in [3.05, 3.63) is 55.1 Å². The van der Waals surface area contributed by atoms with Gasteiger partial charge in [0.2, 0.25) is 0 Å². The highest BCUT2D eigenvalue weighted by molar-refractivity contribution is 5.88. The number of hydrogen-bond donors (Lipinski definition) is 1. The fraction of sp³-hybridized carbons (Fsp3) is 0.417. The number of nitrogens with zero attached hydrogens (tertiary/aromatic N) is 4. The van der Waals surface area contributed by atoms with Gasteiger partial charge in [-0.25, -0.2) is 4.98 Å². The van der Waals surface area contributed by atoms with Crippen LogP contribution in [-0.2, 0) is 7.05 Å². The summed E-state index contributed by atoms with van der Waals surface area (Å²) in [6.07, 6.45) is 8.12. The summed E-state index contributed by atoms with van der Waals surface area (Å²) in [6.45, 7) is 12.4. The topological polar surface area (TPSA) is 46.0 Å². The van der Waals surface area contributed by atoms with Crippen molar-refractivity contribution in [3.8, 4) is 11.1 Å². The van der Waals surface area contributed by atoms with Crippen LogP contribution in [0.1, 0.15) is 26.7 Å². The lowest BCUT2D eigenvalue weighted by molar-refractivity contribution is 0.287. The molecule has 1 aromatic carbocycles. The van der Waals surface area contributed by atoms with Gasteiger partial charge >= 0.3 is 0 Å². The maximum Gasteiger partial charge on any atom is 0.130 e. The van der Waals surface area contributed by atoms with E-state index >= 15 is 0 Å². The number of hydrogen-bond acceptors (Lipinski definition) is 4. The molecule has 1 fully saturated rings. The van der Waals surface area contributed by atoms with Gasteiger partial charge in [-0.1, -0.05) is 32.6 Å². The van der Waals surface area contributed by atoms with E-state index in [-0.39, 0.29) is 0 Å². The van der Waals surface area contributed by atoms with Crippen LogP contribution >= 0.6 is 0 Å². The summed E-state index contributed by atoms with van der Waals surface area (Å²) in [7, 11) is 1.94. The molecule has 152 valence electrons. The molecule has 0 amide bonds. The fourth-order valence-electron chi connectivity index (χ4n) is 4.30. The van der Waals surface area contributed by atoms with Crippen molar-refractivity contribution in [1.82, 2.24) is 19.7 Å². The van der Waals surface area contributed by atoms with Gasteiger partial charge in [0.15, 0.2) is 0 Å². The molecular weight excluding hydrogens is 358 g/mol. The second-order valence-corrected chi connectivity index (χ2v) is 8.77. The smallest absolute Gasteiger partial charge is 0.130 e. The quantitative estimate of drug-likeness (QED) is 0.622. The van der Waals surface area contributed by atoms with Gasteiger partial charge in [0.25, 0.3) is 0 Å². The number of benzene rings is 1. The average molecular weight is 390 g/mol. The molecule has 29 heavy (non-hydrogen) atoms. The molecule has 0 radical (unpaired) electrons. The Morgan fingerprint density at radius 2 is 2.07 bits per heavy atom. The zero-order valence-corrected chi connectivity index (χ0v) is 17.7. The number of rotatable bonds is 7. The van der Waals surface area contributed by atoms with Crippen LogP contribution in [0.3, 0.4) is 0 Å². The lowest BCUT2D eigenvalue weighted by Crippen LogP contribution is -2.25. The van der Waals surface area contributed by atoms with Gasteiger partial charge in [0.05, 0.1) is 6.20 Å². The van der Waals surface area contributed by atoms with Crippen LogP contribution in [0.25, 0.3) is 21.9 Å². The van der Waals surface area contributed by atoms with Crippen LogP contribution in [0, 0.1) is 11.8 Å². The number of pyridine rings is 1. The maximum atomic E-state index is 4.58. The van der Waals surface area contributed by atoms with Gasteiger partial charge in [-0.05, 0) is 54.3 Å². The molecule has 1 saturated heterocycles. The molecule has 5 nitrogen and oxygen atoms in total. The zero-order valence-electron chi connectivity index (χ0n) is 17.7. The van der Waals surface area contributed by atoms with Crippen molar-refractivity contribution < 1.29 is 0 Å². The molecule has 1 atom stereocenters. The van der Waals surface area contributed by atoms with Crippen molar-refractivity contribution in [2.24, 2.45) is 18.9 Å². The summed E-state index contributed by atoms with van der Waals surface area (Å²) >= 11 is 0. The van der Waals surface area contributed by atoms with Crippen molar-refractivity contribution in [2.45, 2.75) is 26.7 Å². The molecule has 2 aromatic heterocycles. The maximum absolute atomic E-state index is 4.58. The number of likely N-dealkylation sites (tertiary alicyclic amines) is 1. The van der Waals surface area contributed by atoms with E-state index in [4.69, 9.17) is 0 Å². The summed E-state index contributed by atoms with van der Waals surface area (Å²) in [5.74, 6) is 2.28. The summed E-state index contributed by atoms with van der Waals surface area (Å²) < 4.78 is 1.83. The van der Waals surface area contributed by atoms with Crippen molar-refractivity contribution in [3.63, 3.8) is 0 Å². The largest absolute Gasteiger partial charge is 0.344 e. The van der Waals surface area contributed by atoms with Gasteiger partial charge < -0.3 is 10.2 Å². The molecule has 0 aliphatic carbocycles. The Labute approximate surface area is 173 Å².